The Balaban J connectivity index is 1.77. The van der Waals surface area contributed by atoms with Crippen LogP contribution in [0.1, 0.15) is 44.1 Å². The molecule has 0 saturated heterocycles. The number of hydrogen-bond acceptors (Lipinski definition) is 3. The Hall–Kier alpha value is -1.20. The summed E-state index contributed by atoms with van der Waals surface area (Å²) in [7, 11) is -0.872. The first-order valence-corrected chi connectivity index (χ1v) is 9.03. The lowest BCUT2D eigenvalue weighted by molar-refractivity contribution is -0.115. The van der Waals surface area contributed by atoms with Crippen LogP contribution in [0.15, 0.2) is 24.3 Å². The molecule has 0 spiro atoms. The van der Waals surface area contributed by atoms with Crippen molar-refractivity contribution in [2.75, 3.05) is 11.1 Å². The smallest absolute Gasteiger partial charge is 0.225 e. The van der Waals surface area contributed by atoms with Gasteiger partial charge < -0.3 is 11.1 Å². The van der Waals surface area contributed by atoms with E-state index in [0.29, 0.717) is 24.0 Å². The van der Waals surface area contributed by atoms with Crippen molar-refractivity contribution in [3.63, 3.8) is 0 Å². The highest BCUT2D eigenvalue weighted by molar-refractivity contribution is 7.85. The van der Waals surface area contributed by atoms with E-state index in [9.17, 15) is 9.00 Å². The molecule has 1 aromatic rings. The van der Waals surface area contributed by atoms with Crippen LogP contribution in [-0.4, -0.2) is 21.1 Å². The highest BCUT2D eigenvalue weighted by Gasteiger charge is 2.20. The van der Waals surface area contributed by atoms with Gasteiger partial charge in [0.05, 0.1) is 0 Å². The van der Waals surface area contributed by atoms with Crippen LogP contribution in [0.25, 0.3) is 0 Å². The van der Waals surface area contributed by atoms with E-state index in [1.807, 2.05) is 24.3 Å². The van der Waals surface area contributed by atoms with Gasteiger partial charge in [-0.15, -0.1) is 0 Å². The highest BCUT2D eigenvalue weighted by Crippen LogP contribution is 2.22. The summed E-state index contributed by atoms with van der Waals surface area (Å²) in [6, 6.07) is 7.51. The molecule has 1 fully saturated rings. The molecule has 1 unspecified atom stereocenters. The molecular formula is C16H24N2O2S. The van der Waals surface area contributed by atoms with Gasteiger partial charge in [0.1, 0.15) is 0 Å². The molecule has 1 aliphatic rings. The number of amides is 1. The zero-order valence-electron chi connectivity index (χ0n) is 12.3. The van der Waals surface area contributed by atoms with Gasteiger partial charge in [0, 0.05) is 40.5 Å². The number of hydrogen-bond donors (Lipinski definition) is 2. The SMILES string of the molecule is NCc1cccc(NC(=O)CCS(=O)C2CCCCC2)c1. The molecule has 21 heavy (non-hydrogen) atoms. The van der Waals surface area contributed by atoms with E-state index in [1.54, 1.807) is 0 Å². The van der Waals surface area contributed by atoms with Gasteiger partial charge in [0.2, 0.25) is 5.91 Å². The van der Waals surface area contributed by atoms with Crippen molar-refractivity contribution in [3.8, 4) is 0 Å². The Morgan fingerprint density at radius 2 is 2.05 bits per heavy atom. The Morgan fingerprint density at radius 3 is 2.76 bits per heavy atom. The first-order chi connectivity index (χ1) is 10.2. The molecule has 1 aromatic carbocycles. The molecule has 1 atom stereocenters. The van der Waals surface area contributed by atoms with Crippen LogP contribution >= 0.6 is 0 Å². The molecule has 0 aliphatic heterocycles. The molecule has 116 valence electrons. The summed E-state index contributed by atoms with van der Waals surface area (Å²) >= 11 is 0. The normalized spacial score (nSPS) is 17.4. The number of carbonyl (C=O) groups excluding carboxylic acids is 1. The summed E-state index contributed by atoms with van der Waals surface area (Å²) in [6.07, 6.45) is 6.02. The van der Waals surface area contributed by atoms with Crippen molar-refractivity contribution >= 4 is 22.4 Å². The summed E-state index contributed by atoms with van der Waals surface area (Å²) in [5, 5.41) is 3.14. The molecule has 4 nitrogen and oxygen atoms in total. The fourth-order valence-corrected chi connectivity index (χ4v) is 4.27. The summed E-state index contributed by atoms with van der Waals surface area (Å²) in [4.78, 5) is 11.9. The second-order valence-electron chi connectivity index (χ2n) is 5.55. The standard InChI is InChI=1S/C16H24N2O2S/c17-12-13-5-4-6-14(11-13)18-16(19)9-10-21(20)15-7-2-1-3-8-15/h4-6,11,15H,1-3,7-10,12,17H2,(H,18,19). The molecule has 3 N–H and O–H groups in total. The third kappa shape index (κ3) is 5.25. The third-order valence-corrected chi connectivity index (χ3v) is 5.72. The lowest BCUT2D eigenvalue weighted by atomic mass is 10.0. The van der Waals surface area contributed by atoms with Crippen molar-refractivity contribution in [3.05, 3.63) is 29.8 Å². The predicted molar refractivity (Wildman–Crippen MR) is 87.5 cm³/mol. The van der Waals surface area contributed by atoms with E-state index in [1.165, 1.54) is 19.3 Å². The number of anilines is 1. The van der Waals surface area contributed by atoms with Crippen molar-refractivity contribution in [2.24, 2.45) is 5.73 Å². The second-order valence-corrected chi connectivity index (χ2v) is 7.38. The van der Waals surface area contributed by atoms with Crippen LogP contribution in [0.5, 0.6) is 0 Å². The van der Waals surface area contributed by atoms with E-state index < -0.39 is 10.8 Å². The maximum absolute atomic E-state index is 12.2. The third-order valence-electron chi connectivity index (χ3n) is 3.90. The fraction of sp³-hybridized carbons (Fsp3) is 0.562. The summed E-state index contributed by atoms with van der Waals surface area (Å²) in [6.45, 7) is 0.454. The van der Waals surface area contributed by atoms with Gasteiger partial charge in [-0.1, -0.05) is 31.4 Å². The zero-order valence-corrected chi connectivity index (χ0v) is 13.2. The number of nitrogens with one attached hydrogen (secondary N) is 1. The molecule has 0 bridgehead atoms. The average Bonchev–Trinajstić information content (AvgIpc) is 2.53. The number of carbonyl (C=O) groups is 1. The minimum Gasteiger partial charge on any atom is -0.326 e. The van der Waals surface area contributed by atoms with E-state index >= 15 is 0 Å². The second kappa shape index (κ2) is 8.29. The first-order valence-electron chi connectivity index (χ1n) is 7.65. The van der Waals surface area contributed by atoms with Gasteiger partial charge in [-0.05, 0) is 30.5 Å². The molecule has 1 aliphatic carbocycles. The molecule has 0 heterocycles. The van der Waals surface area contributed by atoms with Crippen LogP contribution in [0.4, 0.5) is 5.69 Å². The molecule has 0 radical (unpaired) electrons. The Morgan fingerprint density at radius 1 is 1.29 bits per heavy atom. The first kappa shape index (κ1) is 16.2. The van der Waals surface area contributed by atoms with Crippen molar-refractivity contribution in [1.29, 1.82) is 0 Å². The molecule has 1 saturated carbocycles. The van der Waals surface area contributed by atoms with Crippen molar-refractivity contribution < 1.29 is 9.00 Å². The van der Waals surface area contributed by atoms with Crippen LogP contribution in [0.3, 0.4) is 0 Å². The predicted octanol–water partition coefficient (Wildman–Crippen LogP) is 2.56. The highest BCUT2D eigenvalue weighted by atomic mass is 32.2. The number of nitrogens with two attached hydrogens (primary N) is 1. The number of rotatable bonds is 6. The summed E-state index contributed by atoms with van der Waals surface area (Å²) in [5.74, 6) is 0.390. The fourth-order valence-electron chi connectivity index (χ4n) is 2.69. The Kier molecular flexibility index (Phi) is 6.39. The molecule has 1 amide bonds. The maximum Gasteiger partial charge on any atom is 0.225 e. The Bertz CT molecular complexity index is 499. The maximum atomic E-state index is 12.2. The molecule has 2 rings (SSSR count). The van der Waals surface area contributed by atoms with Crippen LogP contribution in [0, 0.1) is 0 Å². The van der Waals surface area contributed by atoms with Crippen LogP contribution in [0.2, 0.25) is 0 Å². The molecular weight excluding hydrogens is 284 g/mol. The van der Waals surface area contributed by atoms with Gasteiger partial charge in [-0.3, -0.25) is 9.00 Å². The quantitative estimate of drug-likeness (QED) is 0.848. The van der Waals surface area contributed by atoms with Crippen LogP contribution in [-0.2, 0) is 22.1 Å². The lowest BCUT2D eigenvalue weighted by Crippen LogP contribution is -2.23. The van der Waals surface area contributed by atoms with E-state index in [4.69, 9.17) is 5.73 Å². The van der Waals surface area contributed by atoms with Gasteiger partial charge in [-0.2, -0.15) is 0 Å². The monoisotopic (exact) mass is 308 g/mol. The van der Waals surface area contributed by atoms with E-state index in [-0.39, 0.29) is 5.91 Å². The lowest BCUT2D eigenvalue weighted by Gasteiger charge is -2.20. The molecule has 0 aromatic heterocycles. The van der Waals surface area contributed by atoms with Gasteiger partial charge in [0.25, 0.3) is 0 Å². The Labute approximate surface area is 129 Å². The van der Waals surface area contributed by atoms with Gasteiger partial charge in [0.15, 0.2) is 0 Å². The average molecular weight is 308 g/mol. The van der Waals surface area contributed by atoms with Crippen molar-refractivity contribution in [1.82, 2.24) is 0 Å². The topological polar surface area (TPSA) is 72.2 Å². The minimum atomic E-state index is -0.872. The minimum absolute atomic E-state index is 0.0756. The summed E-state index contributed by atoms with van der Waals surface area (Å²) < 4.78 is 12.2. The van der Waals surface area contributed by atoms with E-state index in [2.05, 4.69) is 5.32 Å². The van der Waals surface area contributed by atoms with Gasteiger partial charge >= 0.3 is 0 Å². The van der Waals surface area contributed by atoms with E-state index in [0.717, 1.165) is 24.1 Å². The zero-order chi connectivity index (χ0) is 15.1. The summed E-state index contributed by atoms with van der Waals surface area (Å²) in [5.41, 5.74) is 7.32. The molecule has 5 heteroatoms. The number of benzene rings is 1. The largest absolute Gasteiger partial charge is 0.326 e. The van der Waals surface area contributed by atoms with Crippen molar-refractivity contribution in [2.45, 2.75) is 50.3 Å². The van der Waals surface area contributed by atoms with Crippen LogP contribution < -0.4 is 11.1 Å². The van der Waals surface area contributed by atoms with Gasteiger partial charge in [-0.25, -0.2) is 0 Å².